The number of fused-ring (bicyclic) bond motifs is 2. The first kappa shape index (κ1) is 16.9. The molecule has 0 aliphatic rings. The molecule has 2 heterocycles. The molecule has 6 nitrogen and oxygen atoms in total. The van der Waals surface area contributed by atoms with Gasteiger partial charge < -0.3 is 19.4 Å². The van der Waals surface area contributed by atoms with Crippen molar-refractivity contribution in [2.75, 3.05) is 6.79 Å². The quantitative estimate of drug-likeness (QED) is 0.545. The molecule has 0 spiro atoms. The highest BCUT2D eigenvalue weighted by atomic mass is 16.7. The van der Waals surface area contributed by atoms with Crippen LogP contribution in [0.1, 0.15) is 11.1 Å². The molecule has 0 fully saturated rings. The second-order valence-electron chi connectivity index (χ2n) is 6.40. The van der Waals surface area contributed by atoms with Crippen LogP contribution < -0.4 is 20.6 Å². The van der Waals surface area contributed by atoms with Crippen LogP contribution in [-0.2, 0) is 0 Å². The molecule has 0 bridgehead atoms. The van der Waals surface area contributed by atoms with Crippen LogP contribution in [0, 0.1) is 13.8 Å². The van der Waals surface area contributed by atoms with E-state index in [1.54, 1.807) is 24.3 Å². The van der Waals surface area contributed by atoms with Gasteiger partial charge in [-0.3, -0.25) is 9.59 Å². The van der Waals surface area contributed by atoms with E-state index >= 15 is 0 Å². The van der Waals surface area contributed by atoms with Crippen LogP contribution >= 0.6 is 0 Å². The Morgan fingerprint density at radius 3 is 1.63 bits per heavy atom. The molecule has 136 valence electrons. The lowest BCUT2D eigenvalue weighted by Gasteiger charge is -2.13. The molecule has 0 atom stereocenters. The van der Waals surface area contributed by atoms with Gasteiger partial charge in [0, 0.05) is 22.9 Å². The Hall–Kier alpha value is -3.54. The van der Waals surface area contributed by atoms with Crippen molar-refractivity contribution >= 4 is 21.8 Å². The third-order valence-electron chi connectivity index (χ3n) is 4.52. The zero-order valence-corrected chi connectivity index (χ0v) is 15.0. The number of hydrogen-bond acceptors (Lipinski definition) is 4. The van der Waals surface area contributed by atoms with Crippen molar-refractivity contribution in [3.05, 3.63) is 80.4 Å². The molecule has 27 heavy (non-hydrogen) atoms. The fraction of sp³-hybridized carbons (Fsp3) is 0.143. The number of nitrogens with one attached hydrogen (secondary N) is 2. The second-order valence-corrected chi connectivity index (χ2v) is 6.40. The summed E-state index contributed by atoms with van der Waals surface area (Å²) in [4.78, 5) is 29.2. The smallest absolute Gasteiger partial charge is 0.248 e. The first-order valence-electron chi connectivity index (χ1n) is 8.54. The summed E-state index contributed by atoms with van der Waals surface area (Å²) in [6, 6.07) is 14.2. The second kappa shape index (κ2) is 6.64. The largest absolute Gasteiger partial charge is 0.455 e. The monoisotopic (exact) mass is 362 g/mol. The van der Waals surface area contributed by atoms with Gasteiger partial charge in [-0.1, -0.05) is 24.3 Å². The predicted octanol–water partition coefficient (Wildman–Crippen LogP) is 3.40. The van der Waals surface area contributed by atoms with Gasteiger partial charge in [0.15, 0.2) is 0 Å². The SMILES string of the molecule is Cc1cc(=O)[nH]c2c(OCOc3cccc4c(C)cc(=O)[nH]c34)cccc12. The van der Waals surface area contributed by atoms with Crippen molar-refractivity contribution in [1.29, 1.82) is 0 Å². The number of hydrogen-bond donors (Lipinski definition) is 2. The summed E-state index contributed by atoms with van der Waals surface area (Å²) in [5, 5.41) is 1.83. The molecule has 4 rings (SSSR count). The number of pyridine rings is 2. The van der Waals surface area contributed by atoms with Gasteiger partial charge in [-0.25, -0.2) is 0 Å². The van der Waals surface area contributed by atoms with E-state index in [0.29, 0.717) is 22.5 Å². The molecule has 0 aliphatic carbocycles. The van der Waals surface area contributed by atoms with Crippen LogP contribution in [0.15, 0.2) is 58.1 Å². The Bertz CT molecular complexity index is 1170. The molecular weight excluding hydrogens is 344 g/mol. The summed E-state index contributed by atoms with van der Waals surface area (Å²) in [5.74, 6) is 1.05. The topological polar surface area (TPSA) is 84.2 Å². The first-order valence-corrected chi connectivity index (χ1v) is 8.54. The van der Waals surface area contributed by atoms with Crippen molar-refractivity contribution in [2.24, 2.45) is 0 Å². The lowest BCUT2D eigenvalue weighted by Crippen LogP contribution is -2.11. The van der Waals surface area contributed by atoms with E-state index < -0.39 is 0 Å². The molecule has 0 aliphatic heterocycles. The van der Waals surface area contributed by atoms with Crippen molar-refractivity contribution in [2.45, 2.75) is 13.8 Å². The highest BCUT2D eigenvalue weighted by Gasteiger charge is 2.08. The van der Waals surface area contributed by atoms with E-state index in [9.17, 15) is 9.59 Å². The number of aromatic nitrogens is 2. The van der Waals surface area contributed by atoms with Gasteiger partial charge in [0.05, 0.1) is 11.0 Å². The summed E-state index contributed by atoms with van der Waals surface area (Å²) in [6.45, 7) is 3.70. The van der Waals surface area contributed by atoms with E-state index in [4.69, 9.17) is 9.47 Å². The van der Waals surface area contributed by atoms with Crippen LogP contribution in [0.5, 0.6) is 11.5 Å². The number of ether oxygens (including phenoxy) is 2. The molecule has 2 aromatic carbocycles. The maximum Gasteiger partial charge on any atom is 0.248 e. The normalized spacial score (nSPS) is 11.0. The number of benzene rings is 2. The summed E-state index contributed by atoms with van der Waals surface area (Å²) >= 11 is 0. The van der Waals surface area contributed by atoms with Gasteiger partial charge in [0.25, 0.3) is 0 Å². The molecule has 2 aromatic heterocycles. The molecule has 2 N–H and O–H groups in total. The highest BCUT2D eigenvalue weighted by molar-refractivity contribution is 5.87. The minimum atomic E-state index is -0.181. The van der Waals surface area contributed by atoms with Crippen molar-refractivity contribution in [1.82, 2.24) is 9.97 Å². The van der Waals surface area contributed by atoms with Gasteiger partial charge >= 0.3 is 0 Å². The fourth-order valence-electron chi connectivity index (χ4n) is 3.24. The third-order valence-corrected chi connectivity index (χ3v) is 4.52. The zero-order chi connectivity index (χ0) is 19.0. The van der Waals surface area contributed by atoms with Gasteiger partial charge in [0.2, 0.25) is 17.9 Å². The van der Waals surface area contributed by atoms with Crippen LogP contribution in [0.25, 0.3) is 21.8 Å². The van der Waals surface area contributed by atoms with E-state index in [1.807, 2.05) is 38.1 Å². The Balaban J connectivity index is 1.63. The molecule has 6 heteroatoms. The average Bonchev–Trinajstić information content (AvgIpc) is 2.62. The highest BCUT2D eigenvalue weighted by Crippen LogP contribution is 2.27. The summed E-state index contributed by atoms with van der Waals surface area (Å²) in [6.07, 6.45) is 0. The summed E-state index contributed by atoms with van der Waals surface area (Å²) in [5.41, 5.74) is 2.66. The summed E-state index contributed by atoms with van der Waals surface area (Å²) < 4.78 is 11.5. The van der Waals surface area contributed by atoms with E-state index in [0.717, 1.165) is 21.9 Å². The number of para-hydroxylation sites is 2. The molecule has 0 saturated heterocycles. The maximum absolute atomic E-state index is 11.8. The van der Waals surface area contributed by atoms with Crippen LogP contribution in [0.3, 0.4) is 0 Å². The van der Waals surface area contributed by atoms with Gasteiger partial charge in [-0.2, -0.15) is 0 Å². The fourth-order valence-corrected chi connectivity index (χ4v) is 3.24. The molecular formula is C21H18N2O4. The molecule has 0 radical (unpaired) electrons. The molecule has 4 aromatic rings. The summed E-state index contributed by atoms with van der Waals surface area (Å²) in [7, 11) is 0. The van der Waals surface area contributed by atoms with Gasteiger partial charge in [-0.15, -0.1) is 0 Å². The predicted molar refractivity (Wildman–Crippen MR) is 105 cm³/mol. The average molecular weight is 362 g/mol. The lowest BCUT2D eigenvalue weighted by molar-refractivity contribution is 0.122. The van der Waals surface area contributed by atoms with Gasteiger partial charge in [-0.05, 0) is 37.1 Å². The van der Waals surface area contributed by atoms with Crippen molar-refractivity contribution in [3.8, 4) is 11.5 Å². The van der Waals surface area contributed by atoms with Crippen LogP contribution in [-0.4, -0.2) is 16.8 Å². The Labute approximate surface area is 154 Å². The number of rotatable bonds is 4. The van der Waals surface area contributed by atoms with Crippen molar-refractivity contribution < 1.29 is 9.47 Å². The maximum atomic E-state index is 11.8. The Morgan fingerprint density at radius 1 is 0.741 bits per heavy atom. The minimum Gasteiger partial charge on any atom is -0.455 e. The van der Waals surface area contributed by atoms with Gasteiger partial charge in [0.1, 0.15) is 11.5 Å². The van der Waals surface area contributed by atoms with E-state index in [1.165, 1.54) is 0 Å². The first-order chi connectivity index (χ1) is 13.0. The van der Waals surface area contributed by atoms with Crippen molar-refractivity contribution in [3.63, 3.8) is 0 Å². The zero-order valence-electron chi connectivity index (χ0n) is 15.0. The number of aryl methyl sites for hydroxylation is 2. The lowest BCUT2D eigenvalue weighted by atomic mass is 10.1. The Kier molecular flexibility index (Phi) is 4.16. The number of H-pyrrole nitrogens is 2. The Morgan fingerprint density at radius 2 is 1.19 bits per heavy atom. The van der Waals surface area contributed by atoms with Crippen LogP contribution in [0.2, 0.25) is 0 Å². The standard InChI is InChI=1S/C21H18N2O4/c1-12-9-18(24)22-20-14(12)5-3-7-16(20)26-11-27-17-8-4-6-15-13(2)10-19(25)23-21(15)17/h3-10H,11H2,1-2H3,(H,22,24)(H,23,25). The molecule has 0 amide bonds. The molecule has 0 saturated carbocycles. The molecule has 0 unspecified atom stereocenters. The minimum absolute atomic E-state index is 0.0653. The van der Waals surface area contributed by atoms with E-state index in [2.05, 4.69) is 9.97 Å². The van der Waals surface area contributed by atoms with Crippen LogP contribution in [0.4, 0.5) is 0 Å². The number of aromatic amines is 2. The third kappa shape index (κ3) is 3.17. The van der Waals surface area contributed by atoms with E-state index in [-0.39, 0.29) is 17.9 Å².